The molecule has 102 valence electrons. The average molecular weight is 380 g/mol. The van der Waals surface area contributed by atoms with Gasteiger partial charge in [-0.1, -0.05) is 30.4 Å². The Morgan fingerprint density at radius 2 is 2.05 bits per heavy atom. The molecular formula is C14H12F3IO. The summed E-state index contributed by atoms with van der Waals surface area (Å²) in [5.74, 6) is 0. The number of alkyl halides is 3. The Bertz CT molecular complexity index is 534. The third kappa shape index (κ3) is 4.07. The predicted octanol–water partition coefficient (Wildman–Crippen LogP) is 4.93. The maximum Gasteiger partial charge on any atom is 0.523 e. The van der Waals surface area contributed by atoms with Gasteiger partial charge in [0.05, 0.1) is 5.60 Å². The second-order valence-corrected chi connectivity index (χ2v) is 5.81. The molecule has 0 radical (unpaired) electrons. The zero-order valence-corrected chi connectivity index (χ0v) is 12.3. The Balaban J connectivity index is 2.15. The van der Waals surface area contributed by atoms with Crippen molar-refractivity contribution >= 4 is 28.2 Å². The summed E-state index contributed by atoms with van der Waals surface area (Å²) in [6, 6.07) is 7.81. The molecule has 0 aromatic heterocycles. The first-order chi connectivity index (χ1) is 8.77. The highest BCUT2D eigenvalue weighted by molar-refractivity contribution is 14.1. The van der Waals surface area contributed by atoms with Crippen LogP contribution in [0.4, 0.5) is 13.2 Å². The van der Waals surface area contributed by atoms with Gasteiger partial charge in [0.2, 0.25) is 0 Å². The van der Waals surface area contributed by atoms with Crippen LogP contribution < -0.4 is 0 Å². The lowest BCUT2D eigenvalue weighted by Gasteiger charge is -2.29. The summed E-state index contributed by atoms with van der Waals surface area (Å²) >= 11 is 2.20. The van der Waals surface area contributed by atoms with E-state index in [1.807, 2.05) is 24.3 Å². The lowest BCUT2D eigenvalue weighted by Crippen LogP contribution is -2.34. The number of halogens is 4. The minimum Gasteiger partial charge on any atom is -0.281 e. The van der Waals surface area contributed by atoms with Gasteiger partial charge in [0.1, 0.15) is 0 Å². The third-order valence-corrected chi connectivity index (χ3v) is 3.52. The normalized spacial score (nSPS) is 23.3. The zero-order chi connectivity index (χ0) is 14.1. The lowest BCUT2D eigenvalue weighted by molar-refractivity contribution is -0.355. The second-order valence-electron chi connectivity index (χ2n) is 4.57. The minimum atomic E-state index is -4.62. The lowest BCUT2D eigenvalue weighted by atomic mass is 9.91. The van der Waals surface area contributed by atoms with Crippen molar-refractivity contribution in [3.63, 3.8) is 0 Å². The monoisotopic (exact) mass is 380 g/mol. The highest BCUT2D eigenvalue weighted by Crippen LogP contribution is 2.34. The molecule has 1 aromatic rings. The standard InChI is InChI=1S/C14H12F3IO/c1-13(19-14(15,16)17)7-5-10(6-8-13)11-3-2-4-12(18)9-11/h2-7,9H,8H2,1H3. The largest absolute Gasteiger partial charge is 0.523 e. The number of hydrogen-bond acceptors (Lipinski definition) is 1. The molecule has 0 N–H and O–H groups in total. The van der Waals surface area contributed by atoms with Crippen molar-refractivity contribution in [1.29, 1.82) is 0 Å². The van der Waals surface area contributed by atoms with Crippen molar-refractivity contribution in [3.8, 4) is 0 Å². The summed E-state index contributed by atoms with van der Waals surface area (Å²) in [5, 5.41) is 0. The molecule has 0 heterocycles. The molecule has 0 saturated carbocycles. The van der Waals surface area contributed by atoms with Crippen molar-refractivity contribution in [2.45, 2.75) is 25.3 Å². The van der Waals surface area contributed by atoms with Gasteiger partial charge in [0, 0.05) is 3.57 Å². The summed E-state index contributed by atoms with van der Waals surface area (Å²) in [5.41, 5.74) is 0.600. The van der Waals surface area contributed by atoms with E-state index in [0.29, 0.717) is 0 Å². The van der Waals surface area contributed by atoms with Gasteiger partial charge in [-0.25, -0.2) is 0 Å². The molecule has 1 nitrogen and oxygen atoms in total. The first-order valence-corrected chi connectivity index (χ1v) is 6.78. The van der Waals surface area contributed by atoms with E-state index in [2.05, 4.69) is 27.3 Å². The SMILES string of the molecule is CC1(OC(F)(F)F)C=CC(c2cccc(I)c2)=CC1. The maximum absolute atomic E-state index is 12.3. The van der Waals surface area contributed by atoms with E-state index in [1.54, 1.807) is 12.2 Å². The third-order valence-electron chi connectivity index (χ3n) is 2.85. The van der Waals surface area contributed by atoms with E-state index in [1.165, 1.54) is 13.0 Å². The molecule has 1 atom stereocenters. The molecule has 19 heavy (non-hydrogen) atoms. The molecular weight excluding hydrogens is 368 g/mol. The van der Waals surface area contributed by atoms with E-state index in [0.717, 1.165) is 14.7 Å². The van der Waals surface area contributed by atoms with Crippen LogP contribution in [0.2, 0.25) is 0 Å². The minimum absolute atomic E-state index is 0.198. The zero-order valence-electron chi connectivity index (χ0n) is 10.2. The summed E-state index contributed by atoms with van der Waals surface area (Å²) < 4.78 is 42.1. The fraction of sp³-hybridized carbons (Fsp3) is 0.286. The fourth-order valence-electron chi connectivity index (χ4n) is 1.94. The number of ether oxygens (including phenoxy) is 1. The van der Waals surface area contributed by atoms with Crippen LogP contribution in [-0.4, -0.2) is 12.0 Å². The Morgan fingerprint density at radius 1 is 1.32 bits per heavy atom. The molecule has 1 unspecified atom stereocenters. The van der Waals surface area contributed by atoms with Crippen LogP contribution in [0.15, 0.2) is 42.5 Å². The highest BCUT2D eigenvalue weighted by atomic mass is 127. The quantitative estimate of drug-likeness (QED) is 0.662. The van der Waals surface area contributed by atoms with Gasteiger partial charge in [0.25, 0.3) is 0 Å². The van der Waals surface area contributed by atoms with E-state index in [-0.39, 0.29) is 6.42 Å². The molecule has 0 amide bonds. The number of allylic oxidation sites excluding steroid dienone is 2. The predicted molar refractivity (Wildman–Crippen MR) is 76.4 cm³/mol. The number of benzene rings is 1. The molecule has 0 fully saturated rings. The van der Waals surface area contributed by atoms with Crippen LogP contribution in [0.5, 0.6) is 0 Å². The molecule has 1 aromatic carbocycles. The van der Waals surface area contributed by atoms with Crippen molar-refractivity contribution in [3.05, 3.63) is 51.6 Å². The van der Waals surface area contributed by atoms with E-state index in [4.69, 9.17) is 0 Å². The maximum atomic E-state index is 12.3. The number of hydrogen-bond donors (Lipinski definition) is 0. The summed E-state index contributed by atoms with van der Waals surface area (Å²) in [4.78, 5) is 0. The Kier molecular flexibility index (Phi) is 4.06. The molecule has 1 aliphatic rings. The molecule has 1 aliphatic carbocycles. The van der Waals surface area contributed by atoms with Crippen LogP contribution in [0.1, 0.15) is 18.9 Å². The van der Waals surface area contributed by atoms with Gasteiger partial charge < -0.3 is 0 Å². The van der Waals surface area contributed by atoms with Crippen molar-refractivity contribution in [2.24, 2.45) is 0 Å². The smallest absolute Gasteiger partial charge is 0.281 e. The van der Waals surface area contributed by atoms with Gasteiger partial charge in [0.15, 0.2) is 0 Å². The van der Waals surface area contributed by atoms with Gasteiger partial charge in [-0.2, -0.15) is 0 Å². The van der Waals surface area contributed by atoms with E-state index in [9.17, 15) is 13.2 Å². The van der Waals surface area contributed by atoms with Crippen LogP contribution in [0.3, 0.4) is 0 Å². The Labute approximate surface area is 123 Å². The molecule has 0 saturated heterocycles. The van der Waals surface area contributed by atoms with Gasteiger partial charge in [-0.05, 0) is 59.2 Å². The summed E-state index contributed by atoms with van der Waals surface area (Å²) in [7, 11) is 0. The van der Waals surface area contributed by atoms with Crippen LogP contribution in [0, 0.1) is 3.57 Å². The van der Waals surface area contributed by atoms with Gasteiger partial charge in [-0.3, -0.25) is 4.74 Å². The summed E-state index contributed by atoms with van der Waals surface area (Å²) in [6.07, 6.45) is 0.504. The molecule has 0 aliphatic heterocycles. The Hall–Kier alpha value is -0.820. The van der Waals surface area contributed by atoms with Crippen molar-refractivity contribution in [2.75, 3.05) is 0 Å². The average Bonchev–Trinajstić information content (AvgIpc) is 2.27. The highest BCUT2D eigenvalue weighted by Gasteiger charge is 2.39. The van der Waals surface area contributed by atoms with E-state index >= 15 is 0 Å². The summed E-state index contributed by atoms with van der Waals surface area (Å²) in [6.45, 7) is 1.43. The van der Waals surface area contributed by atoms with Crippen LogP contribution in [0.25, 0.3) is 5.57 Å². The Morgan fingerprint density at radius 3 is 2.58 bits per heavy atom. The first kappa shape index (κ1) is 14.6. The number of rotatable bonds is 2. The van der Waals surface area contributed by atoms with Crippen molar-refractivity contribution < 1.29 is 17.9 Å². The van der Waals surface area contributed by atoms with E-state index < -0.39 is 12.0 Å². The van der Waals surface area contributed by atoms with Gasteiger partial charge in [-0.15, -0.1) is 13.2 Å². The van der Waals surface area contributed by atoms with Gasteiger partial charge >= 0.3 is 6.36 Å². The topological polar surface area (TPSA) is 9.23 Å². The van der Waals surface area contributed by atoms with Crippen molar-refractivity contribution in [1.82, 2.24) is 0 Å². The molecule has 2 rings (SSSR count). The first-order valence-electron chi connectivity index (χ1n) is 5.70. The molecule has 0 spiro atoms. The molecule has 5 heteroatoms. The van der Waals surface area contributed by atoms with Crippen LogP contribution >= 0.6 is 22.6 Å². The molecule has 0 bridgehead atoms. The fourth-order valence-corrected chi connectivity index (χ4v) is 2.48. The second kappa shape index (κ2) is 5.28. The van der Waals surface area contributed by atoms with Crippen LogP contribution in [-0.2, 0) is 4.74 Å².